The molecule has 2 N–H and O–H groups in total. The van der Waals surface area contributed by atoms with Crippen LogP contribution < -0.4 is 5.32 Å². The van der Waals surface area contributed by atoms with E-state index in [0.717, 1.165) is 12.8 Å². The van der Waals surface area contributed by atoms with E-state index < -0.39 is 0 Å². The number of aliphatic hydroxyl groups is 1. The minimum Gasteiger partial charge on any atom is -0.392 e. The molecule has 2 aliphatic rings. The summed E-state index contributed by atoms with van der Waals surface area (Å²) in [6.07, 6.45) is 3.81. The molecule has 6 heteroatoms. The van der Waals surface area contributed by atoms with E-state index in [4.69, 9.17) is 4.74 Å². The molecule has 2 unspecified atom stereocenters. The Bertz CT molecular complexity index is 610. The van der Waals surface area contributed by atoms with Crippen LogP contribution >= 0.6 is 0 Å². The molecule has 0 bridgehead atoms. The SMILES string of the molecule is CCOC1CC(O)C12CCN(C(=O)c1cccnc1NC(C)C)CC2. The summed E-state index contributed by atoms with van der Waals surface area (Å²) in [5.41, 5.74) is 0.448. The molecule has 1 aromatic heterocycles. The van der Waals surface area contributed by atoms with Crippen LogP contribution in [0.3, 0.4) is 0 Å². The summed E-state index contributed by atoms with van der Waals surface area (Å²) in [6, 6.07) is 3.83. The third-order valence-corrected chi connectivity index (χ3v) is 5.56. The van der Waals surface area contributed by atoms with E-state index in [-0.39, 0.29) is 29.6 Å². The van der Waals surface area contributed by atoms with Gasteiger partial charge in [0, 0.05) is 43.8 Å². The number of likely N-dealkylation sites (tertiary alicyclic amines) is 1. The van der Waals surface area contributed by atoms with Crippen LogP contribution in [0.25, 0.3) is 0 Å². The van der Waals surface area contributed by atoms with Crippen LogP contribution in [0.1, 0.15) is 50.4 Å². The third-order valence-electron chi connectivity index (χ3n) is 5.56. The average Bonchev–Trinajstić information content (AvgIpc) is 2.61. The maximum Gasteiger partial charge on any atom is 0.257 e. The normalized spacial score (nSPS) is 25.1. The first kappa shape index (κ1) is 18.1. The highest BCUT2D eigenvalue weighted by Crippen LogP contribution is 2.51. The fraction of sp³-hybridized carbons (Fsp3) is 0.684. The van der Waals surface area contributed by atoms with Crippen molar-refractivity contribution in [3.05, 3.63) is 23.9 Å². The smallest absolute Gasteiger partial charge is 0.257 e. The lowest BCUT2D eigenvalue weighted by molar-refractivity contribution is -0.207. The lowest BCUT2D eigenvalue weighted by atomic mass is 9.58. The van der Waals surface area contributed by atoms with E-state index in [0.29, 0.717) is 37.5 Å². The lowest BCUT2D eigenvalue weighted by Crippen LogP contribution is -2.62. The van der Waals surface area contributed by atoms with Gasteiger partial charge in [-0.1, -0.05) is 0 Å². The number of carbonyl (C=O) groups excluding carboxylic acids is 1. The number of pyridine rings is 1. The van der Waals surface area contributed by atoms with Crippen molar-refractivity contribution >= 4 is 11.7 Å². The second kappa shape index (κ2) is 7.30. The summed E-state index contributed by atoms with van der Waals surface area (Å²) in [5.74, 6) is 0.645. The first-order valence-electron chi connectivity index (χ1n) is 9.28. The van der Waals surface area contributed by atoms with Crippen molar-refractivity contribution in [2.45, 2.75) is 58.3 Å². The van der Waals surface area contributed by atoms with E-state index in [1.54, 1.807) is 12.3 Å². The summed E-state index contributed by atoms with van der Waals surface area (Å²) in [4.78, 5) is 19.2. The average molecular weight is 347 g/mol. The molecule has 0 radical (unpaired) electrons. The highest BCUT2D eigenvalue weighted by atomic mass is 16.5. The molecule has 2 heterocycles. The number of rotatable bonds is 5. The predicted molar refractivity (Wildman–Crippen MR) is 96.6 cm³/mol. The number of hydrogen-bond donors (Lipinski definition) is 2. The molecule has 1 aliphatic heterocycles. The van der Waals surface area contributed by atoms with E-state index >= 15 is 0 Å². The zero-order valence-electron chi connectivity index (χ0n) is 15.4. The van der Waals surface area contributed by atoms with E-state index in [2.05, 4.69) is 10.3 Å². The Kier molecular flexibility index (Phi) is 5.29. The molecule has 1 saturated heterocycles. The number of amides is 1. The number of hydrogen-bond acceptors (Lipinski definition) is 5. The molecule has 2 atom stereocenters. The molecule has 1 saturated carbocycles. The number of aromatic nitrogens is 1. The van der Waals surface area contributed by atoms with Crippen molar-refractivity contribution in [1.82, 2.24) is 9.88 Å². The topological polar surface area (TPSA) is 74.7 Å². The predicted octanol–water partition coefficient (Wildman–Crippen LogP) is 2.29. The van der Waals surface area contributed by atoms with Crippen molar-refractivity contribution < 1.29 is 14.6 Å². The lowest BCUT2D eigenvalue weighted by Gasteiger charge is -2.56. The maximum absolute atomic E-state index is 13.0. The monoisotopic (exact) mass is 347 g/mol. The standard InChI is InChI=1S/C19H29N3O3/c1-4-25-16-12-15(23)19(16)7-10-22(11-8-19)18(24)14-6-5-9-20-17(14)21-13(2)3/h5-6,9,13,15-16,23H,4,7-8,10-12H2,1-3H3,(H,20,21). The molecule has 3 rings (SSSR count). The van der Waals surface area contributed by atoms with Gasteiger partial charge in [-0.05, 0) is 45.7 Å². The van der Waals surface area contributed by atoms with Gasteiger partial charge in [-0.15, -0.1) is 0 Å². The highest BCUT2D eigenvalue weighted by molar-refractivity contribution is 5.98. The first-order valence-corrected chi connectivity index (χ1v) is 9.28. The molecule has 1 amide bonds. The zero-order valence-corrected chi connectivity index (χ0v) is 15.4. The fourth-order valence-corrected chi connectivity index (χ4v) is 4.08. The van der Waals surface area contributed by atoms with E-state index in [1.165, 1.54) is 0 Å². The molecule has 0 aromatic carbocycles. The molecule has 138 valence electrons. The molecule has 2 fully saturated rings. The van der Waals surface area contributed by atoms with Crippen LogP contribution in [0.15, 0.2) is 18.3 Å². The minimum absolute atomic E-state index is 0.00729. The Hall–Kier alpha value is -1.66. The van der Waals surface area contributed by atoms with Crippen molar-refractivity contribution in [2.24, 2.45) is 5.41 Å². The molecule has 1 aromatic rings. The molecule has 25 heavy (non-hydrogen) atoms. The summed E-state index contributed by atoms with van der Waals surface area (Å²) in [6.45, 7) is 8.01. The van der Waals surface area contributed by atoms with E-state index in [1.807, 2.05) is 31.7 Å². The summed E-state index contributed by atoms with van der Waals surface area (Å²) < 4.78 is 5.80. The van der Waals surface area contributed by atoms with Gasteiger partial charge in [-0.3, -0.25) is 4.79 Å². The Balaban J connectivity index is 1.68. The molecule has 1 spiro atoms. The second-order valence-corrected chi connectivity index (χ2v) is 7.42. The Morgan fingerprint density at radius 2 is 2.20 bits per heavy atom. The number of ether oxygens (including phenoxy) is 1. The number of nitrogens with zero attached hydrogens (tertiary/aromatic N) is 2. The quantitative estimate of drug-likeness (QED) is 0.855. The summed E-state index contributed by atoms with van der Waals surface area (Å²) in [5, 5.41) is 13.5. The van der Waals surface area contributed by atoms with Crippen LogP contribution in [-0.4, -0.2) is 58.8 Å². The number of piperidine rings is 1. The Labute approximate surface area is 149 Å². The Morgan fingerprint density at radius 1 is 1.48 bits per heavy atom. The van der Waals surface area contributed by atoms with Crippen LogP contribution in [-0.2, 0) is 4.74 Å². The summed E-state index contributed by atoms with van der Waals surface area (Å²) >= 11 is 0. The third kappa shape index (κ3) is 3.37. The van der Waals surface area contributed by atoms with Gasteiger partial charge in [0.2, 0.25) is 0 Å². The number of carbonyl (C=O) groups is 1. The van der Waals surface area contributed by atoms with Crippen molar-refractivity contribution in [3.63, 3.8) is 0 Å². The van der Waals surface area contributed by atoms with Crippen LogP contribution in [0.5, 0.6) is 0 Å². The molecule has 1 aliphatic carbocycles. The van der Waals surface area contributed by atoms with Gasteiger partial charge < -0.3 is 20.1 Å². The van der Waals surface area contributed by atoms with Gasteiger partial charge in [0.05, 0.1) is 17.8 Å². The number of aliphatic hydroxyl groups excluding tert-OH is 1. The maximum atomic E-state index is 13.0. The van der Waals surface area contributed by atoms with Gasteiger partial charge >= 0.3 is 0 Å². The molecular formula is C19H29N3O3. The zero-order chi connectivity index (χ0) is 18.0. The highest BCUT2D eigenvalue weighted by Gasteiger charge is 2.56. The number of nitrogens with one attached hydrogen (secondary N) is 1. The molecular weight excluding hydrogens is 318 g/mol. The second-order valence-electron chi connectivity index (χ2n) is 7.42. The Morgan fingerprint density at radius 3 is 2.80 bits per heavy atom. The molecule has 6 nitrogen and oxygen atoms in total. The van der Waals surface area contributed by atoms with E-state index in [9.17, 15) is 9.90 Å². The minimum atomic E-state index is -0.308. The van der Waals surface area contributed by atoms with Crippen molar-refractivity contribution in [3.8, 4) is 0 Å². The van der Waals surface area contributed by atoms with Crippen LogP contribution in [0.2, 0.25) is 0 Å². The van der Waals surface area contributed by atoms with Crippen molar-refractivity contribution in [1.29, 1.82) is 0 Å². The first-order chi connectivity index (χ1) is 12.0. The van der Waals surface area contributed by atoms with Gasteiger partial charge in [-0.25, -0.2) is 4.98 Å². The van der Waals surface area contributed by atoms with Gasteiger partial charge in [0.25, 0.3) is 5.91 Å². The summed E-state index contributed by atoms with van der Waals surface area (Å²) in [7, 11) is 0. The fourth-order valence-electron chi connectivity index (χ4n) is 4.08. The van der Waals surface area contributed by atoms with Gasteiger partial charge in [0.1, 0.15) is 5.82 Å². The van der Waals surface area contributed by atoms with Gasteiger partial charge in [-0.2, -0.15) is 0 Å². The van der Waals surface area contributed by atoms with Gasteiger partial charge in [0.15, 0.2) is 0 Å². The largest absolute Gasteiger partial charge is 0.392 e. The number of anilines is 1. The van der Waals surface area contributed by atoms with Crippen LogP contribution in [0, 0.1) is 5.41 Å². The van der Waals surface area contributed by atoms with Crippen molar-refractivity contribution in [2.75, 3.05) is 25.0 Å². The van der Waals surface area contributed by atoms with Crippen LogP contribution in [0.4, 0.5) is 5.82 Å².